The molecule has 6 nitrogen and oxygen atoms in total. The Bertz CT molecular complexity index is 1570. The van der Waals surface area contributed by atoms with Crippen molar-refractivity contribution < 1.29 is 36.3 Å². The topological polar surface area (TPSA) is 87.3 Å². The molecule has 0 aromatic heterocycles. The van der Waals surface area contributed by atoms with Crippen LogP contribution < -0.4 is 16.0 Å². The molecule has 1 saturated carbocycles. The standard InChI is InChI=1S/C27H19Cl3F5N3O3S/c1-42-11-21(39)36-14-4-7-20(19(32)10-14)38-24(40)15-9-13(3-5-17(15)28)37-25(41)23-22(26(23,29)30)12-2-6-18(31)16(8-12)27(33,34)35/h2-10,22-23H,11H2,1H3,(H,36,39)(H,37,41)(H,38,40)/t22-,23?/m0/s1. The number of hydrogen-bond acceptors (Lipinski definition) is 4. The first-order chi connectivity index (χ1) is 19.6. The van der Waals surface area contributed by atoms with Crippen LogP contribution in [0.1, 0.15) is 27.4 Å². The first kappa shape index (κ1) is 31.9. The average Bonchev–Trinajstić information content (AvgIpc) is 3.48. The second-order valence-corrected chi connectivity index (χ2v) is 11.9. The van der Waals surface area contributed by atoms with Gasteiger partial charge in [-0.05, 0) is 60.4 Å². The molecule has 2 atom stereocenters. The average molecular weight is 667 g/mol. The van der Waals surface area contributed by atoms with Crippen molar-refractivity contribution in [1.29, 1.82) is 0 Å². The van der Waals surface area contributed by atoms with Gasteiger partial charge in [0.15, 0.2) is 0 Å². The third kappa shape index (κ3) is 6.94. The maximum atomic E-state index is 14.6. The van der Waals surface area contributed by atoms with Crippen LogP contribution in [0.4, 0.5) is 39.0 Å². The van der Waals surface area contributed by atoms with E-state index in [1.807, 2.05) is 0 Å². The maximum absolute atomic E-state index is 14.6. The summed E-state index contributed by atoms with van der Waals surface area (Å²) in [6.45, 7) is 0. The van der Waals surface area contributed by atoms with Crippen LogP contribution in [-0.2, 0) is 15.8 Å². The lowest BCUT2D eigenvalue weighted by Gasteiger charge is -2.12. The van der Waals surface area contributed by atoms with Crippen molar-refractivity contribution >= 4 is 81.3 Å². The molecular weight excluding hydrogens is 648 g/mol. The van der Waals surface area contributed by atoms with Crippen LogP contribution in [0.15, 0.2) is 54.6 Å². The third-order valence-electron chi connectivity index (χ3n) is 6.25. The van der Waals surface area contributed by atoms with Gasteiger partial charge in [0.05, 0.1) is 33.5 Å². The zero-order valence-electron chi connectivity index (χ0n) is 21.2. The Kier molecular flexibility index (Phi) is 9.31. The van der Waals surface area contributed by atoms with Crippen molar-refractivity contribution in [2.24, 2.45) is 5.92 Å². The highest BCUT2D eigenvalue weighted by Crippen LogP contribution is 2.65. The lowest BCUT2D eigenvalue weighted by Crippen LogP contribution is -2.18. The summed E-state index contributed by atoms with van der Waals surface area (Å²) in [5.74, 6) is -6.35. The molecule has 0 aliphatic heterocycles. The number of thioether (sulfide) groups is 1. The number of rotatable bonds is 8. The molecule has 3 N–H and O–H groups in total. The smallest absolute Gasteiger partial charge is 0.326 e. The van der Waals surface area contributed by atoms with Crippen LogP contribution in [0.25, 0.3) is 0 Å². The molecule has 0 saturated heterocycles. The van der Waals surface area contributed by atoms with E-state index in [2.05, 4.69) is 16.0 Å². The molecule has 1 aliphatic carbocycles. The fourth-order valence-corrected chi connectivity index (χ4v) is 5.60. The zero-order chi connectivity index (χ0) is 31.0. The van der Waals surface area contributed by atoms with Gasteiger partial charge in [-0.1, -0.05) is 17.7 Å². The number of hydrogen-bond donors (Lipinski definition) is 3. The number of halogens is 8. The number of amides is 3. The molecule has 0 bridgehead atoms. The summed E-state index contributed by atoms with van der Waals surface area (Å²) in [5.41, 5.74) is -1.70. The molecule has 1 aliphatic rings. The normalized spacial score (nSPS) is 17.4. The predicted molar refractivity (Wildman–Crippen MR) is 154 cm³/mol. The summed E-state index contributed by atoms with van der Waals surface area (Å²) in [7, 11) is 0. The van der Waals surface area contributed by atoms with Gasteiger partial charge in [-0.15, -0.1) is 23.2 Å². The highest BCUT2D eigenvalue weighted by Gasteiger charge is 2.67. The van der Waals surface area contributed by atoms with Crippen molar-refractivity contribution in [3.63, 3.8) is 0 Å². The van der Waals surface area contributed by atoms with Crippen molar-refractivity contribution in [3.8, 4) is 0 Å². The van der Waals surface area contributed by atoms with Gasteiger partial charge in [0.25, 0.3) is 5.91 Å². The van der Waals surface area contributed by atoms with Crippen LogP contribution >= 0.6 is 46.6 Å². The lowest BCUT2D eigenvalue weighted by atomic mass is 10.0. The van der Waals surface area contributed by atoms with Crippen LogP contribution in [0.3, 0.4) is 0 Å². The molecule has 0 heterocycles. The minimum atomic E-state index is -4.97. The van der Waals surface area contributed by atoms with Crippen molar-refractivity contribution in [1.82, 2.24) is 0 Å². The number of carbonyl (C=O) groups is 3. The highest BCUT2D eigenvalue weighted by molar-refractivity contribution is 7.99. The Balaban J connectivity index is 1.48. The summed E-state index contributed by atoms with van der Waals surface area (Å²) < 4.78 is 66.0. The quantitative estimate of drug-likeness (QED) is 0.170. The van der Waals surface area contributed by atoms with Gasteiger partial charge in [0.1, 0.15) is 16.0 Å². The second-order valence-electron chi connectivity index (χ2n) is 9.18. The molecule has 222 valence electrons. The molecule has 3 aromatic rings. The molecule has 1 fully saturated rings. The SMILES string of the molecule is CSCC(=O)Nc1ccc(NC(=O)c2cc(NC(=O)C3[C@H](c4ccc(F)c(C(F)(F)F)c4)C3(Cl)Cl)ccc2Cl)c(F)c1. The van der Waals surface area contributed by atoms with Crippen LogP contribution in [0, 0.1) is 17.6 Å². The number of alkyl halides is 5. The molecular formula is C27H19Cl3F5N3O3S. The fourth-order valence-electron chi connectivity index (χ4n) is 4.23. The molecule has 4 rings (SSSR count). The molecule has 3 amide bonds. The second kappa shape index (κ2) is 12.3. The Morgan fingerprint density at radius 1 is 0.905 bits per heavy atom. The van der Waals surface area contributed by atoms with E-state index >= 15 is 0 Å². The van der Waals surface area contributed by atoms with Gasteiger partial charge in [0, 0.05) is 17.3 Å². The monoisotopic (exact) mass is 665 g/mol. The summed E-state index contributed by atoms with van der Waals surface area (Å²) in [4.78, 5) is 37.6. The van der Waals surface area contributed by atoms with Gasteiger partial charge in [-0.2, -0.15) is 24.9 Å². The van der Waals surface area contributed by atoms with E-state index in [-0.39, 0.29) is 44.9 Å². The molecule has 0 spiro atoms. The van der Waals surface area contributed by atoms with Gasteiger partial charge < -0.3 is 16.0 Å². The van der Waals surface area contributed by atoms with E-state index in [1.54, 1.807) is 6.26 Å². The third-order valence-corrected chi connectivity index (χ3v) is 8.07. The van der Waals surface area contributed by atoms with Crippen molar-refractivity contribution in [3.05, 3.63) is 87.9 Å². The van der Waals surface area contributed by atoms with E-state index in [4.69, 9.17) is 34.8 Å². The largest absolute Gasteiger partial charge is 0.419 e. The molecule has 1 unspecified atom stereocenters. The van der Waals surface area contributed by atoms with E-state index in [0.29, 0.717) is 12.1 Å². The van der Waals surface area contributed by atoms with E-state index in [0.717, 1.165) is 12.1 Å². The number of carbonyl (C=O) groups excluding carboxylic acids is 3. The van der Waals surface area contributed by atoms with Crippen molar-refractivity contribution in [2.45, 2.75) is 16.4 Å². The van der Waals surface area contributed by atoms with Crippen LogP contribution in [0.5, 0.6) is 0 Å². The Labute approximate surface area is 255 Å². The Morgan fingerprint density at radius 3 is 2.21 bits per heavy atom. The number of benzene rings is 3. The summed E-state index contributed by atoms with van der Waals surface area (Å²) in [6, 6.07) is 9.76. The van der Waals surface area contributed by atoms with Gasteiger partial charge >= 0.3 is 6.18 Å². The highest BCUT2D eigenvalue weighted by atomic mass is 35.5. The summed E-state index contributed by atoms with van der Waals surface area (Å²) in [5, 5.41) is 7.33. The first-order valence-electron chi connectivity index (χ1n) is 11.9. The number of anilines is 3. The van der Waals surface area contributed by atoms with Gasteiger partial charge in [0.2, 0.25) is 11.8 Å². The lowest BCUT2D eigenvalue weighted by molar-refractivity contribution is -0.140. The van der Waals surface area contributed by atoms with Crippen molar-refractivity contribution in [2.75, 3.05) is 28.0 Å². The zero-order valence-corrected chi connectivity index (χ0v) is 24.3. The summed E-state index contributed by atoms with van der Waals surface area (Å²) >= 11 is 19.9. The molecule has 42 heavy (non-hydrogen) atoms. The Hall–Kier alpha value is -3.06. The molecule has 15 heteroatoms. The van der Waals surface area contributed by atoms with Crippen LogP contribution in [0.2, 0.25) is 5.02 Å². The fraction of sp³-hybridized carbons (Fsp3) is 0.222. The van der Waals surface area contributed by atoms with Gasteiger partial charge in [-0.3, -0.25) is 14.4 Å². The van der Waals surface area contributed by atoms with Crippen LogP contribution in [-0.4, -0.2) is 34.1 Å². The van der Waals surface area contributed by atoms with E-state index < -0.39 is 51.4 Å². The predicted octanol–water partition coefficient (Wildman–Crippen LogP) is 7.72. The first-order valence-corrected chi connectivity index (χ1v) is 14.4. The Morgan fingerprint density at radius 2 is 1.57 bits per heavy atom. The minimum absolute atomic E-state index is 0.0359. The summed E-state index contributed by atoms with van der Waals surface area (Å²) in [6.07, 6.45) is -3.23. The molecule has 0 radical (unpaired) electrons. The maximum Gasteiger partial charge on any atom is 0.419 e. The minimum Gasteiger partial charge on any atom is -0.326 e. The van der Waals surface area contributed by atoms with Gasteiger partial charge in [-0.25, -0.2) is 8.78 Å². The molecule has 3 aromatic carbocycles. The van der Waals surface area contributed by atoms with E-state index in [9.17, 15) is 36.3 Å². The number of nitrogens with one attached hydrogen (secondary N) is 3. The van der Waals surface area contributed by atoms with E-state index in [1.165, 1.54) is 42.1 Å².